The molecule has 1 aromatic heterocycles. The van der Waals surface area contributed by atoms with Crippen molar-refractivity contribution >= 4 is 28.6 Å². The third-order valence-corrected chi connectivity index (χ3v) is 4.40. The van der Waals surface area contributed by atoms with Crippen LogP contribution in [-0.2, 0) is 11.3 Å². The summed E-state index contributed by atoms with van der Waals surface area (Å²) in [6, 6.07) is 2.93. The Morgan fingerprint density at radius 1 is 1.50 bits per heavy atom. The highest BCUT2D eigenvalue weighted by Crippen LogP contribution is 2.51. The van der Waals surface area contributed by atoms with Crippen LogP contribution in [0.5, 0.6) is 0 Å². The van der Waals surface area contributed by atoms with Crippen molar-refractivity contribution in [2.45, 2.75) is 25.8 Å². The zero-order chi connectivity index (χ0) is 14.3. The number of rotatable bonds is 5. The lowest BCUT2D eigenvalue weighted by Gasteiger charge is -2.17. The Balaban J connectivity index is 1.95. The fraction of sp³-hybridized carbons (Fsp3) is 0.500. The first-order valence-electron chi connectivity index (χ1n) is 6.64. The summed E-state index contributed by atoms with van der Waals surface area (Å²) in [4.78, 5) is 4.27. The van der Waals surface area contributed by atoms with Crippen molar-refractivity contribution in [3.05, 3.63) is 23.0 Å². The van der Waals surface area contributed by atoms with Crippen molar-refractivity contribution in [1.82, 2.24) is 9.55 Å². The molecule has 1 aliphatic carbocycles. The van der Waals surface area contributed by atoms with E-state index in [-0.39, 0.29) is 10.4 Å². The van der Waals surface area contributed by atoms with Gasteiger partial charge in [0.15, 0.2) is 0 Å². The number of methoxy groups -OCH3 is 1. The van der Waals surface area contributed by atoms with Crippen LogP contribution in [0.25, 0.3) is 11.0 Å². The summed E-state index contributed by atoms with van der Waals surface area (Å²) < 4.78 is 20.7. The van der Waals surface area contributed by atoms with Gasteiger partial charge in [-0.05, 0) is 30.7 Å². The molecule has 0 spiro atoms. The topological polar surface area (TPSA) is 53.1 Å². The van der Waals surface area contributed by atoms with Crippen molar-refractivity contribution in [2.75, 3.05) is 19.5 Å². The molecule has 6 heteroatoms. The lowest BCUT2D eigenvalue weighted by atomic mass is 10.0. The third kappa shape index (κ3) is 2.36. The number of halogens is 2. The number of aromatic nitrogens is 2. The highest BCUT2D eigenvalue weighted by atomic mass is 35.5. The molecule has 1 heterocycles. The predicted molar refractivity (Wildman–Crippen MR) is 77.3 cm³/mol. The first-order valence-corrected chi connectivity index (χ1v) is 7.02. The molecule has 4 nitrogen and oxygen atoms in total. The highest BCUT2D eigenvalue weighted by molar-refractivity contribution is 6.31. The number of anilines is 1. The summed E-state index contributed by atoms with van der Waals surface area (Å²) in [5.74, 6) is -0.0348. The Bertz CT molecular complexity index is 651. The van der Waals surface area contributed by atoms with Gasteiger partial charge in [-0.15, -0.1) is 0 Å². The van der Waals surface area contributed by atoms with Crippen LogP contribution in [-0.4, -0.2) is 23.3 Å². The number of benzene rings is 1. The number of nitrogen functional groups attached to an aromatic ring is 1. The van der Waals surface area contributed by atoms with Gasteiger partial charge in [-0.25, -0.2) is 9.37 Å². The quantitative estimate of drug-likeness (QED) is 0.922. The molecule has 0 aliphatic heterocycles. The summed E-state index contributed by atoms with van der Waals surface area (Å²) in [5.41, 5.74) is 7.53. The molecule has 20 heavy (non-hydrogen) atoms. The van der Waals surface area contributed by atoms with Crippen LogP contribution in [0.3, 0.4) is 0 Å². The average Bonchev–Trinajstić information content (AvgIpc) is 3.12. The molecule has 0 saturated heterocycles. The highest BCUT2D eigenvalue weighted by Gasteiger charge is 2.42. The number of imidazole rings is 1. The smallest absolute Gasteiger partial charge is 0.201 e. The molecule has 0 bridgehead atoms. The predicted octanol–water partition coefficient (Wildman–Crippen LogP) is 3.23. The Kier molecular flexibility index (Phi) is 3.34. The number of ether oxygens (including phenoxy) is 1. The van der Waals surface area contributed by atoms with Crippen molar-refractivity contribution in [3.63, 3.8) is 0 Å². The van der Waals surface area contributed by atoms with Crippen LogP contribution in [0.1, 0.15) is 19.3 Å². The third-order valence-electron chi connectivity index (χ3n) is 4.11. The van der Waals surface area contributed by atoms with Crippen LogP contribution < -0.4 is 5.73 Å². The molecule has 1 fully saturated rings. The van der Waals surface area contributed by atoms with Crippen molar-refractivity contribution in [3.8, 4) is 0 Å². The zero-order valence-corrected chi connectivity index (χ0v) is 12.1. The normalized spacial score (nSPS) is 16.8. The molecule has 2 N–H and O–H groups in total. The molecule has 108 valence electrons. The van der Waals surface area contributed by atoms with Crippen LogP contribution in [0, 0.1) is 11.2 Å². The molecule has 0 amide bonds. The van der Waals surface area contributed by atoms with Crippen LogP contribution in [0.2, 0.25) is 5.02 Å². The van der Waals surface area contributed by atoms with E-state index in [1.165, 1.54) is 12.1 Å². The van der Waals surface area contributed by atoms with Gasteiger partial charge in [0.05, 0.1) is 16.1 Å². The summed E-state index contributed by atoms with van der Waals surface area (Å²) in [5, 5.41) is 0.0719. The standard InChI is InChI=1S/C14H17ClFN3O/c1-20-5-4-14(2-3-14)8-19-12-7-10(16)9(15)6-11(12)18-13(19)17/h6-7H,2-5,8H2,1H3,(H2,17,18). The zero-order valence-electron chi connectivity index (χ0n) is 11.3. The van der Waals surface area contributed by atoms with Crippen LogP contribution >= 0.6 is 11.6 Å². The van der Waals surface area contributed by atoms with Crippen LogP contribution in [0.15, 0.2) is 12.1 Å². The largest absolute Gasteiger partial charge is 0.385 e. The number of fused-ring (bicyclic) bond motifs is 1. The maximum Gasteiger partial charge on any atom is 0.201 e. The van der Waals surface area contributed by atoms with Crippen LogP contribution in [0.4, 0.5) is 10.3 Å². The Morgan fingerprint density at radius 3 is 2.90 bits per heavy atom. The first kappa shape index (κ1) is 13.6. The van der Waals surface area contributed by atoms with E-state index in [0.29, 0.717) is 17.0 Å². The van der Waals surface area contributed by atoms with Gasteiger partial charge < -0.3 is 15.0 Å². The SMILES string of the molecule is COCCC1(Cn2c(N)nc3cc(Cl)c(F)cc32)CC1. The van der Waals surface area contributed by atoms with E-state index in [1.807, 2.05) is 4.57 Å². The second kappa shape index (κ2) is 4.90. The Morgan fingerprint density at radius 2 is 2.25 bits per heavy atom. The summed E-state index contributed by atoms with van der Waals surface area (Å²) in [7, 11) is 1.70. The molecule has 0 radical (unpaired) electrons. The van der Waals surface area contributed by atoms with Crippen molar-refractivity contribution in [2.24, 2.45) is 5.41 Å². The fourth-order valence-corrected chi connectivity index (χ4v) is 2.78. The van der Waals surface area contributed by atoms with E-state index in [1.54, 1.807) is 7.11 Å². The maximum absolute atomic E-state index is 13.7. The number of nitrogens with two attached hydrogens (primary N) is 1. The van der Waals surface area contributed by atoms with E-state index in [9.17, 15) is 4.39 Å². The number of nitrogens with zero attached hydrogens (tertiary/aromatic N) is 2. The van der Waals surface area contributed by atoms with E-state index in [0.717, 1.165) is 32.4 Å². The molecule has 1 aromatic carbocycles. The molecular formula is C14H17ClFN3O. The second-order valence-electron chi connectivity index (χ2n) is 5.55. The number of hydrogen-bond acceptors (Lipinski definition) is 3. The lowest BCUT2D eigenvalue weighted by molar-refractivity contribution is 0.167. The van der Waals surface area contributed by atoms with Gasteiger partial charge in [-0.1, -0.05) is 11.6 Å². The summed E-state index contributed by atoms with van der Waals surface area (Å²) in [6.45, 7) is 1.48. The maximum atomic E-state index is 13.7. The van der Waals surface area contributed by atoms with E-state index in [4.69, 9.17) is 22.1 Å². The van der Waals surface area contributed by atoms with E-state index < -0.39 is 5.82 Å². The van der Waals surface area contributed by atoms with Crippen molar-refractivity contribution < 1.29 is 9.13 Å². The Labute approximate surface area is 121 Å². The summed E-state index contributed by atoms with van der Waals surface area (Å²) >= 11 is 5.78. The lowest BCUT2D eigenvalue weighted by Crippen LogP contribution is -2.15. The van der Waals surface area contributed by atoms with E-state index >= 15 is 0 Å². The molecule has 2 aromatic rings. The molecule has 1 aliphatic rings. The van der Waals surface area contributed by atoms with Gasteiger partial charge in [0.2, 0.25) is 5.95 Å². The average molecular weight is 298 g/mol. The molecule has 0 unspecified atom stereocenters. The van der Waals surface area contributed by atoms with Crippen molar-refractivity contribution in [1.29, 1.82) is 0 Å². The van der Waals surface area contributed by atoms with Gasteiger partial charge in [-0.2, -0.15) is 0 Å². The van der Waals surface area contributed by atoms with Gasteiger partial charge in [0.25, 0.3) is 0 Å². The molecule has 3 rings (SSSR count). The molecule has 1 saturated carbocycles. The Hall–Kier alpha value is -1.33. The minimum absolute atomic E-state index is 0.0719. The van der Waals surface area contributed by atoms with Gasteiger partial charge in [-0.3, -0.25) is 0 Å². The minimum Gasteiger partial charge on any atom is -0.385 e. The van der Waals surface area contributed by atoms with Gasteiger partial charge >= 0.3 is 0 Å². The van der Waals surface area contributed by atoms with Gasteiger partial charge in [0.1, 0.15) is 5.82 Å². The monoisotopic (exact) mass is 297 g/mol. The first-order chi connectivity index (χ1) is 9.54. The molecule has 0 atom stereocenters. The van der Waals surface area contributed by atoms with E-state index in [2.05, 4.69) is 4.98 Å². The minimum atomic E-state index is -0.443. The van der Waals surface area contributed by atoms with Gasteiger partial charge in [0, 0.05) is 26.3 Å². The fourth-order valence-electron chi connectivity index (χ4n) is 2.62. The number of hydrogen-bond donors (Lipinski definition) is 1. The molecular weight excluding hydrogens is 281 g/mol. The second-order valence-corrected chi connectivity index (χ2v) is 5.96. The summed E-state index contributed by atoms with van der Waals surface area (Å²) in [6.07, 6.45) is 3.27.